The van der Waals surface area contributed by atoms with Gasteiger partial charge < -0.3 is 18.9 Å². The van der Waals surface area contributed by atoms with E-state index >= 15 is 0 Å². The van der Waals surface area contributed by atoms with Gasteiger partial charge in [-0.25, -0.2) is 0 Å². The Balaban J connectivity index is 2.25. The Morgan fingerprint density at radius 2 is 0.909 bits per heavy atom. The van der Waals surface area contributed by atoms with Crippen molar-refractivity contribution in [1.82, 2.24) is 0 Å². The van der Waals surface area contributed by atoms with Gasteiger partial charge in [0, 0.05) is 0 Å². The Bertz CT molecular complexity index is 605. The second kappa shape index (κ2) is 7.41. The van der Waals surface area contributed by atoms with E-state index in [0.29, 0.717) is 23.0 Å². The molecule has 116 valence electrons. The van der Waals surface area contributed by atoms with Gasteiger partial charge in [-0.1, -0.05) is 24.3 Å². The fourth-order valence-corrected chi connectivity index (χ4v) is 2.11. The summed E-state index contributed by atoms with van der Waals surface area (Å²) in [6, 6.07) is 11.6. The topological polar surface area (TPSA) is 36.9 Å². The highest BCUT2D eigenvalue weighted by atomic mass is 16.5. The lowest BCUT2D eigenvalue weighted by Crippen LogP contribution is -1.91. The molecule has 4 heteroatoms. The van der Waals surface area contributed by atoms with Crippen LogP contribution in [0.25, 0.3) is 12.2 Å². The molecule has 0 bridgehead atoms. The minimum absolute atomic E-state index is 0.706. The minimum atomic E-state index is 0.706. The van der Waals surface area contributed by atoms with Crippen LogP contribution in [0.15, 0.2) is 36.4 Å². The van der Waals surface area contributed by atoms with E-state index in [2.05, 4.69) is 0 Å². The number of rotatable bonds is 6. The van der Waals surface area contributed by atoms with E-state index < -0.39 is 0 Å². The first-order chi connectivity index (χ1) is 10.7. The number of ether oxygens (including phenoxy) is 4. The molecule has 2 rings (SSSR count). The number of methoxy groups -OCH3 is 4. The Hall–Kier alpha value is -2.62. The molecule has 0 unspecified atom stereocenters. The van der Waals surface area contributed by atoms with Crippen LogP contribution in [-0.4, -0.2) is 28.4 Å². The van der Waals surface area contributed by atoms with Crippen LogP contribution >= 0.6 is 0 Å². The van der Waals surface area contributed by atoms with Crippen molar-refractivity contribution in [2.75, 3.05) is 28.4 Å². The molecule has 0 radical (unpaired) electrons. The van der Waals surface area contributed by atoms with Crippen molar-refractivity contribution >= 4 is 12.2 Å². The van der Waals surface area contributed by atoms with Crippen LogP contribution in [0, 0.1) is 0 Å². The van der Waals surface area contributed by atoms with Crippen LogP contribution in [0.1, 0.15) is 11.1 Å². The van der Waals surface area contributed by atoms with Crippen molar-refractivity contribution < 1.29 is 18.9 Å². The first kappa shape index (κ1) is 15.8. The van der Waals surface area contributed by atoms with E-state index in [4.69, 9.17) is 18.9 Å². The second-order valence-electron chi connectivity index (χ2n) is 4.56. The maximum absolute atomic E-state index is 5.30. The summed E-state index contributed by atoms with van der Waals surface area (Å²) in [5.41, 5.74) is 2.04. The lowest BCUT2D eigenvalue weighted by Gasteiger charge is -2.08. The molecular weight excluding hydrogens is 280 g/mol. The lowest BCUT2D eigenvalue weighted by atomic mass is 10.1. The van der Waals surface area contributed by atoms with Crippen LogP contribution in [0.4, 0.5) is 0 Å². The molecule has 2 aromatic carbocycles. The van der Waals surface area contributed by atoms with Crippen LogP contribution < -0.4 is 18.9 Å². The van der Waals surface area contributed by atoms with Crippen molar-refractivity contribution in [3.8, 4) is 23.0 Å². The van der Waals surface area contributed by atoms with E-state index in [0.717, 1.165) is 11.1 Å². The molecule has 0 aliphatic heterocycles. The molecule has 0 atom stereocenters. The van der Waals surface area contributed by atoms with Gasteiger partial charge in [-0.2, -0.15) is 0 Å². The van der Waals surface area contributed by atoms with Gasteiger partial charge in [0.05, 0.1) is 28.4 Å². The maximum atomic E-state index is 5.30. The second-order valence-corrected chi connectivity index (χ2v) is 4.56. The fraction of sp³-hybridized carbons (Fsp3) is 0.222. The van der Waals surface area contributed by atoms with E-state index in [1.54, 1.807) is 28.4 Å². The molecule has 0 saturated heterocycles. The molecule has 4 nitrogen and oxygen atoms in total. The van der Waals surface area contributed by atoms with Crippen molar-refractivity contribution in [3.05, 3.63) is 47.5 Å². The fourth-order valence-electron chi connectivity index (χ4n) is 2.11. The maximum Gasteiger partial charge on any atom is 0.161 e. The van der Waals surface area contributed by atoms with Gasteiger partial charge in [-0.05, 0) is 35.4 Å². The first-order valence-corrected chi connectivity index (χ1v) is 6.84. The van der Waals surface area contributed by atoms with Crippen molar-refractivity contribution in [1.29, 1.82) is 0 Å². The van der Waals surface area contributed by atoms with Crippen molar-refractivity contribution in [2.24, 2.45) is 0 Å². The lowest BCUT2D eigenvalue weighted by molar-refractivity contribution is 0.355. The molecule has 2 aromatic rings. The van der Waals surface area contributed by atoms with E-state index in [1.807, 2.05) is 48.6 Å². The molecule has 0 aliphatic carbocycles. The standard InChI is InChI=1S/C18H20O4/c1-19-15-9-7-13(11-17(15)21-3)5-6-14-8-10-16(20-2)18(12-14)22-4/h5-12H,1-4H3/b6-5-. The molecule has 0 saturated carbocycles. The first-order valence-electron chi connectivity index (χ1n) is 6.84. The van der Waals surface area contributed by atoms with Gasteiger partial charge in [0.25, 0.3) is 0 Å². The summed E-state index contributed by atoms with van der Waals surface area (Å²) in [7, 11) is 6.49. The Morgan fingerprint density at radius 3 is 1.23 bits per heavy atom. The molecule has 0 aromatic heterocycles. The van der Waals surface area contributed by atoms with Gasteiger partial charge >= 0.3 is 0 Å². The number of benzene rings is 2. The van der Waals surface area contributed by atoms with Gasteiger partial charge in [-0.3, -0.25) is 0 Å². The SMILES string of the molecule is COc1ccc(/C=C\c2ccc(OC)c(OC)c2)cc1OC. The molecule has 0 N–H and O–H groups in total. The zero-order valence-electron chi connectivity index (χ0n) is 13.3. The summed E-state index contributed by atoms with van der Waals surface area (Å²) in [5.74, 6) is 2.84. The highest BCUT2D eigenvalue weighted by Crippen LogP contribution is 2.30. The van der Waals surface area contributed by atoms with Gasteiger partial charge in [-0.15, -0.1) is 0 Å². The summed E-state index contributed by atoms with van der Waals surface area (Å²) in [5, 5.41) is 0. The highest BCUT2D eigenvalue weighted by molar-refractivity contribution is 5.72. The molecule has 0 heterocycles. The Kier molecular flexibility index (Phi) is 5.31. The van der Waals surface area contributed by atoms with Gasteiger partial charge in [0.1, 0.15) is 0 Å². The summed E-state index contributed by atoms with van der Waals surface area (Å²) < 4.78 is 21.1. The summed E-state index contributed by atoms with van der Waals surface area (Å²) in [6.45, 7) is 0. The minimum Gasteiger partial charge on any atom is -0.493 e. The van der Waals surface area contributed by atoms with E-state index in [-0.39, 0.29) is 0 Å². The smallest absolute Gasteiger partial charge is 0.161 e. The summed E-state index contributed by atoms with van der Waals surface area (Å²) in [6.07, 6.45) is 4.01. The summed E-state index contributed by atoms with van der Waals surface area (Å²) >= 11 is 0. The monoisotopic (exact) mass is 300 g/mol. The summed E-state index contributed by atoms with van der Waals surface area (Å²) in [4.78, 5) is 0. The Labute approximate surface area is 130 Å². The third kappa shape index (κ3) is 3.52. The highest BCUT2D eigenvalue weighted by Gasteiger charge is 2.04. The predicted octanol–water partition coefficient (Wildman–Crippen LogP) is 3.89. The van der Waals surface area contributed by atoms with Crippen molar-refractivity contribution in [2.45, 2.75) is 0 Å². The van der Waals surface area contributed by atoms with Crippen LogP contribution in [0.3, 0.4) is 0 Å². The molecule has 0 amide bonds. The average molecular weight is 300 g/mol. The predicted molar refractivity (Wildman–Crippen MR) is 88.0 cm³/mol. The molecule has 0 spiro atoms. The number of hydrogen-bond donors (Lipinski definition) is 0. The third-order valence-electron chi connectivity index (χ3n) is 3.28. The third-order valence-corrected chi connectivity index (χ3v) is 3.28. The van der Waals surface area contributed by atoms with E-state index in [1.165, 1.54) is 0 Å². The zero-order valence-corrected chi connectivity index (χ0v) is 13.3. The largest absolute Gasteiger partial charge is 0.493 e. The van der Waals surface area contributed by atoms with Crippen LogP contribution in [-0.2, 0) is 0 Å². The van der Waals surface area contributed by atoms with Crippen molar-refractivity contribution in [3.63, 3.8) is 0 Å². The quantitative estimate of drug-likeness (QED) is 0.758. The average Bonchev–Trinajstić information content (AvgIpc) is 2.59. The van der Waals surface area contributed by atoms with Crippen LogP contribution in [0.5, 0.6) is 23.0 Å². The zero-order chi connectivity index (χ0) is 15.9. The normalized spacial score (nSPS) is 10.5. The molecule has 22 heavy (non-hydrogen) atoms. The van der Waals surface area contributed by atoms with Crippen LogP contribution in [0.2, 0.25) is 0 Å². The Morgan fingerprint density at radius 1 is 0.545 bits per heavy atom. The molecule has 0 fully saturated rings. The van der Waals surface area contributed by atoms with Gasteiger partial charge in [0.2, 0.25) is 0 Å². The van der Waals surface area contributed by atoms with Gasteiger partial charge in [0.15, 0.2) is 23.0 Å². The molecular formula is C18H20O4. The number of hydrogen-bond acceptors (Lipinski definition) is 4. The molecule has 0 aliphatic rings. The van der Waals surface area contributed by atoms with E-state index in [9.17, 15) is 0 Å².